The lowest BCUT2D eigenvalue weighted by atomic mass is 10.0. The van der Waals surface area contributed by atoms with Crippen LogP contribution in [-0.4, -0.2) is 22.0 Å². The van der Waals surface area contributed by atoms with Gasteiger partial charge in [0.25, 0.3) is 0 Å². The van der Waals surface area contributed by atoms with E-state index in [1.807, 2.05) is 18.3 Å². The first-order valence-electron chi connectivity index (χ1n) is 8.46. The quantitative estimate of drug-likeness (QED) is 0.596. The lowest BCUT2D eigenvalue weighted by molar-refractivity contribution is 0.182. The van der Waals surface area contributed by atoms with Gasteiger partial charge in [-0.3, -0.25) is 0 Å². The van der Waals surface area contributed by atoms with Crippen molar-refractivity contribution in [2.24, 2.45) is 0 Å². The minimum absolute atomic E-state index is 0.254. The van der Waals surface area contributed by atoms with Crippen molar-refractivity contribution in [2.45, 2.75) is 12.6 Å². The third-order valence-corrected chi connectivity index (χ3v) is 5.39. The average Bonchev–Trinajstić information content (AvgIpc) is 3.13. The molecule has 1 unspecified atom stereocenters. The maximum Gasteiger partial charge on any atom is 0.322 e. The average molecular weight is 404 g/mol. The molecule has 0 radical (unpaired) electrons. The summed E-state index contributed by atoms with van der Waals surface area (Å²) < 4.78 is 15.5. The van der Waals surface area contributed by atoms with Gasteiger partial charge in [0.05, 0.1) is 16.1 Å². The Morgan fingerprint density at radius 3 is 2.56 bits per heavy atom. The van der Waals surface area contributed by atoms with E-state index in [1.54, 1.807) is 35.2 Å². The number of urea groups is 1. The molecule has 1 N–H and O–H groups in total. The van der Waals surface area contributed by atoms with E-state index in [-0.39, 0.29) is 17.9 Å². The van der Waals surface area contributed by atoms with E-state index in [9.17, 15) is 9.18 Å². The van der Waals surface area contributed by atoms with Crippen molar-refractivity contribution >= 4 is 34.9 Å². The summed E-state index contributed by atoms with van der Waals surface area (Å²) in [6.07, 6.45) is 1.99. The van der Waals surface area contributed by atoms with Gasteiger partial charge in [0.15, 0.2) is 0 Å². The molecule has 27 heavy (non-hydrogen) atoms. The third kappa shape index (κ3) is 3.53. The normalized spacial score (nSPS) is 16.1. The first-order chi connectivity index (χ1) is 13.0. The molecule has 4 nitrogen and oxygen atoms in total. The van der Waals surface area contributed by atoms with E-state index in [2.05, 4.69) is 9.88 Å². The number of benzene rings is 2. The van der Waals surface area contributed by atoms with Crippen LogP contribution in [0.4, 0.5) is 14.9 Å². The molecule has 1 aliphatic heterocycles. The highest BCUT2D eigenvalue weighted by Crippen LogP contribution is 2.33. The Bertz CT molecular complexity index is 987. The van der Waals surface area contributed by atoms with E-state index in [1.165, 1.54) is 12.1 Å². The van der Waals surface area contributed by atoms with Crippen LogP contribution in [0.2, 0.25) is 10.0 Å². The zero-order chi connectivity index (χ0) is 19.0. The first kappa shape index (κ1) is 17.9. The highest BCUT2D eigenvalue weighted by molar-refractivity contribution is 6.42. The minimum Gasteiger partial charge on any atom is -0.348 e. The molecule has 0 saturated heterocycles. The molecule has 7 heteroatoms. The van der Waals surface area contributed by atoms with Crippen molar-refractivity contribution in [3.05, 3.63) is 87.9 Å². The van der Waals surface area contributed by atoms with Gasteiger partial charge in [-0.25, -0.2) is 9.18 Å². The van der Waals surface area contributed by atoms with Crippen LogP contribution in [0.25, 0.3) is 0 Å². The molecule has 1 aliphatic rings. The Kier molecular flexibility index (Phi) is 4.81. The van der Waals surface area contributed by atoms with E-state index in [4.69, 9.17) is 23.2 Å². The van der Waals surface area contributed by atoms with Crippen LogP contribution in [0, 0.1) is 5.82 Å². The van der Waals surface area contributed by atoms with Crippen LogP contribution in [-0.2, 0) is 6.54 Å². The van der Waals surface area contributed by atoms with Gasteiger partial charge >= 0.3 is 6.03 Å². The van der Waals surface area contributed by atoms with E-state index in [0.717, 1.165) is 11.3 Å². The van der Waals surface area contributed by atoms with Gasteiger partial charge in [-0.1, -0.05) is 35.3 Å². The van der Waals surface area contributed by atoms with E-state index in [0.29, 0.717) is 28.8 Å². The molecule has 2 aromatic carbocycles. The number of fused-ring (bicyclic) bond motifs is 1. The fourth-order valence-electron chi connectivity index (χ4n) is 3.37. The molecule has 2 heterocycles. The number of hydrogen-bond donors (Lipinski definition) is 1. The predicted molar refractivity (Wildman–Crippen MR) is 105 cm³/mol. The van der Waals surface area contributed by atoms with Gasteiger partial charge in [-0.05, 0) is 48.0 Å². The molecule has 1 aromatic heterocycles. The molecule has 0 saturated carbocycles. The monoisotopic (exact) mass is 403 g/mol. The maximum atomic E-state index is 13.4. The number of hydrogen-bond acceptors (Lipinski definition) is 1. The summed E-state index contributed by atoms with van der Waals surface area (Å²) in [7, 11) is 0. The predicted octanol–water partition coefficient (Wildman–Crippen LogP) is 5.57. The van der Waals surface area contributed by atoms with Gasteiger partial charge in [-0.2, -0.15) is 0 Å². The minimum atomic E-state index is -0.309. The van der Waals surface area contributed by atoms with Crippen molar-refractivity contribution in [2.75, 3.05) is 11.9 Å². The highest BCUT2D eigenvalue weighted by atomic mass is 35.5. The van der Waals surface area contributed by atoms with Crippen LogP contribution in [0.15, 0.2) is 60.8 Å². The number of aromatic nitrogens is 1. The topological polar surface area (TPSA) is 37.3 Å². The number of rotatable bonds is 2. The second-order valence-electron chi connectivity index (χ2n) is 6.33. The van der Waals surface area contributed by atoms with Crippen molar-refractivity contribution in [3.63, 3.8) is 0 Å². The zero-order valence-electron chi connectivity index (χ0n) is 14.2. The number of amides is 2. The van der Waals surface area contributed by atoms with Crippen molar-refractivity contribution < 1.29 is 9.18 Å². The largest absolute Gasteiger partial charge is 0.348 e. The Morgan fingerprint density at radius 2 is 1.81 bits per heavy atom. The number of halogens is 3. The van der Waals surface area contributed by atoms with Gasteiger partial charge in [0, 0.05) is 30.7 Å². The zero-order valence-corrected chi connectivity index (χ0v) is 15.7. The van der Waals surface area contributed by atoms with Crippen LogP contribution in [0.5, 0.6) is 0 Å². The Morgan fingerprint density at radius 1 is 1.04 bits per heavy atom. The summed E-state index contributed by atoms with van der Waals surface area (Å²) in [6.45, 7) is 1.21. The molecule has 138 valence electrons. The molecule has 0 fully saturated rings. The molecule has 0 bridgehead atoms. The van der Waals surface area contributed by atoms with Crippen LogP contribution in [0.3, 0.4) is 0 Å². The molecule has 2 amide bonds. The number of nitrogens with zero attached hydrogens (tertiary/aromatic N) is 2. The second kappa shape index (κ2) is 7.25. The van der Waals surface area contributed by atoms with Crippen molar-refractivity contribution in [1.82, 2.24) is 9.47 Å². The lowest BCUT2D eigenvalue weighted by Gasteiger charge is -2.37. The SMILES string of the molecule is O=C(Nc1ccc(Cl)c(Cl)c1)N1CCn2cccc2C1c1ccc(F)cc1. The van der Waals surface area contributed by atoms with Gasteiger partial charge < -0.3 is 14.8 Å². The van der Waals surface area contributed by atoms with Crippen LogP contribution >= 0.6 is 23.2 Å². The molecular formula is C20H16Cl2FN3O. The number of anilines is 1. The summed E-state index contributed by atoms with van der Waals surface area (Å²) in [5.74, 6) is -0.309. The Hall–Kier alpha value is -2.50. The number of carbonyl (C=O) groups is 1. The molecule has 3 aromatic rings. The van der Waals surface area contributed by atoms with Crippen LogP contribution in [0.1, 0.15) is 17.3 Å². The highest BCUT2D eigenvalue weighted by Gasteiger charge is 2.32. The molecule has 0 spiro atoms. The number of nitrogens with one attached hydrogen (secondary N) is 1. The molecule has 0 aliphatic carbocycles. The molecule has 1 atom stereocenters. The smallest absolute Gasteiger partial charge is 0.322 e. The standard InChI is InChI=1S/C20H16Cl2FN3O/c21-16-8-7-15(12-17(16)22)24-20(27)26-11-10-25-9-1-2-18(25)19(26)13-3-5-14(23)6-4-13/h1-9,12,19H,10-11H2,(H,24,27). The fourth-order valence-corrected chi connectivity index (χ4v) is 3.67. The van der Waals surface area contributed by atoms with Gasteiger partial charge in [-0.15, -0.1) is 0 Å². The van der Waals surface area contributed by atoms with E-state index < -0.39 is 0 Å². The van der Waals surface area contributed by atoms with E-state index >= 15 is 0 Å². The van der Waals surface area contributed by atoms with Crippen LogP contribution < -0.4 is 5.32 Å². The summed E-state index contributed by atoms with van der Waals surface area (Å²) in [5.41, 5.74) is 2.39. The summed E-state index contributed by atoms with van der Waals surface area (Å²) in [4.78, 5) is 14.7. The third-order valence-electron chi connectivity index (χ3n) is 4.66. The Labute approximate surface area is 166 Å². The molecular weight excluding hydrogens is 388 g/mol. The maximum absolute atomic E-state index is 13.4. The fraction of sp³-hybridized carbons (Fsp3) is 0.150. The number of carbonyl (C=O) groups excluding carboxylic acids is 1. The molecule has 4 rings (SSSR count). The summed E-state index contributed by atoms with van der Waals surface area (Å²) in [6, 6.07) is 14.6. The van der Waals surface area contributed by atoms with Gasteiger partial charge in [0.1, 0.15) is 5.82 Å². The summed E-state index contributed by atoms with van der Waals surface area (Å²) in [5, 5.41) is 3.67. The second-order valence-corrected chi connectivity index (χ2v) is 7.15. The van der Waals surface area contributed by atoms with Gasteiger partial charge in [0.2, 0.25) is 0 Å². The summed E-state index contributed by atoms with van der Waals surface area (Å²) >= 11 is 12.0. The van der Waals surface area contributed by atoms with Crippen molar-refractivity contribution in [3.8, 4) is 0 Å². The first-order valence-corrected chi connectivity index (χ1v) is 9.22. The van der Waals surface area contributed by atoms with Crippen molar-refractivity contribution in [1.29, 1.82) is 0 Å². The lowest BCUT2D eigenvalue weighted by Crippen LogP contribution is -2.44. The Balaban J connectivity index is 1.66.